The van der Waals surface area contributed by atoms with Crippen LogP contribution in [-0.2, 0) is 36.2 Å². The molecule has 0 heterocycles. The van der Waals surface area contributed by atoms with Crippen LogP contribution in [0.4, 0.5) is 0 Å². The normalized spacial score (nSPS) is 27.5. The molecular formula is C62H64Cl2SiZr-2. The smallest absolute Gasteiger partial charge is 0.0114 e. The summed E-state index contributed by atoms with van der Waals surface area (Å²) in [5, 5.41) is 11.1. The molecule has 0 N–H and O–H groups in total. The average molecular weight is 999 g/mol. The van der Waals surface area contributed by atoms with Gasteiger partial charge < -0.3 is 24.8 Å². The van der Waals surface area contributed by atoms with Gasteiger partial charge in [0, 0.05) is 0 Å². The van der Waals surface area contributed by atoms with Crippen molar-refractivity contribution >= 4 is 48.5 Å². The Labute approximate surface area is 421 Å². The van der Waals surface area contributed by atoms with Crippen LogP contribution in [0.25, 0.3) is 65.3 Å². The first kappa shape index (κ1) is 46.5. The molecule has 0 saturated heterocycles. The maximum absolute atomic E-state index is 2.53. The maximum atomic E-state index is 2.53. The van der Waals surface area contributed by atoms with Gasteiger partial charge in [-0.1, -0.05) is 108 Å². The Morgan fingerprint density at radius 1 is 0.409 bits per heavy atom. The van der Waals surface area contributed by atoms with E-state index in [4.69, 9.17) is 0 Å². The van der Waals surface area contributed by atoms with Crippen molar-refractivity contribution in [2.24, 2.45) is 59.2 Å². The maximum Gasteiger partial charge on any atom is -0.0114 e. The van der Waals surface area contributed by atoms with Gasteiger partial charge in [0.15, 0.2) is 0 Å². The SMILES string of the molecule is C[Si](C)=[Zr+2].[Cl-].[Cl-].c1ccc2c(-c3cccc4[cH-]c(CC5C6CC7CC(C6)CC5C7)cc34)cccc2c1.c1ccc2c(-c3cccc4[cH-]c(CC5C6CC7CC(C6)CC5C7)cc34)cccc2c1. The van der Waals surface area contributed by atoms with Gasteiger partial charge >= 0.3 is 41.9 Å². The van der Waals surface area contributed by atoms with Crippen LogP contribution in [0.2, 0.25) is 13.1 Å². The van der Waals surface area contributed by atoms with Crippen LogP contribution in [0.5, 0.6) is 0 Å². The van der Waals surface area contributed by atoms with Gasteiger partial charge in [0.2, 0.25) is 0 Å². The molecule has 336 valence electrons. The summed E-state index contributed by atoms with van der Waals surface area (Å²) in [6.07, 6.45) is 17.9. The van der Waals surface area contributed by atoms with E-state index in [-0.39, 0.29) is 30.2 Å². The molecule has 0 radical (unpaired) electrons. The number of fused-ring (bicyclic) bond motifs is 4. The first-order valence-electron chi connectivity index (χ1n) is 25.2. The van der Waals surface area contributed by atoms with Crippen molar-refractivity contribution in [1.29, 1.82) is 0 Å². The van der Waals surface area contributed by atoms with E-state index < -0.39 is 0 Å². The molecule has 0 spiro atoms. The second-order valence-corrected chi connectivity index (χ2v) is 31.4. The van der Waals surface area contributed by atoms with Crippen molar-refractivity contribution in [2.75, 3.05) is 0 Å². The van der Waals surface area contributed by atoms with E-state index >= 15 is 0 Å². The zero-order valence-corrected chi connectivity index (χ0v) is 43.8. The van der Waals surface area contributed by atoms with Gasteiger partial charge in [0.05, 0.1) is 0 Å². The van der Waals surface area contributed by atoms with Crippen LogP contribution in [0.3, 0.4) is 0 Å². The number of benzene rings is 6. The molecule has 0 aliphatic heterocycles. The van der Waals surface area contributed by atoms with Gasteiger partial charge in [-0.2, -0.15) is 12.1 Å². The number of hydrogen-bond acceptors (Lipinski definition) is 0. The van der Waals surface area contributed by atoms with Gasteiger partial charge in [-0.15, -0.1) is 69.1 Å². The monoisotopic (exact) mass is 996 g/mol. The Bertz CT molecular complexity index is 2740. The summed E-state index contributed by atoms with van der Waals surface area (Å²) in [6, 6.07) is 54.8. The molecule has 0 nitrogen and oxygen atoms in total. The predicted octanol–water partition coefficient (Wildman–Crippen LogP) is 10.8. The Morgan fingerprint density at radius 3 is 1.08 bits per heavy atom. The van der Waals surface area contributed by atoms with Gasteiger partial charge in [-0.3, -0.25) is 0 Å². The van der Waals surface area contributed by atoms with Crippen molar-refractivity contribution < 1.29 is 48.1 Å². The first-order valence-corrected chi connectivity index (χ1v) is 31.4. The van der Waals surface area contributed by atoms with E-state index in [1.165, 1.54) is 130 Å². The molecule has 8 bridgehead atoms. The standard InChI is InChI=1S/2C30H29.C2H6Si.2ClH.Zr/c2*1-2-8-26-22(5-1)6-3-9-27(26)28-10-4-7-23-12-21(18-30(23)28)17-29-24-13-19-11-20(15-24)16-25(29)14-19;1-3-2;;;/h2*1-10,12,18-20,24-25,29H,11,13-17H2;1-2H3;2*1H;/q2*-1;;;;+2/p-2. The minimum absolute atomic E-state index is 0. The molecule has 8 aromatic rings. The van der Waals surface area contributed by atoms with Crippen LogP contribution in [0.15, 0.2) is 146 Å². The Morgan fingerprint density at radius 2 is 0.712 bits per heavy atom. The summed E-state index contributed by atoms with van der Waals surface area (Å²) in [4.78, 5) is 0. The third-order valence-corrected chi connectivity index (χ3v) is 17.6. The van der Waals surface area contributed by atoms with Gasteiger partial charge in [0.1, 0.15) is 0 Å². The van der Waals surface area contributed by atoms with E-state index in [1.807, 2.05) is 0 Å². The van der Waals surface area contributed by atoms with E-state index in [0.29, 0.717) is 0 Å². The fraction of sp³-hybridized carbons (Fsp3) is 0.387. The summed E-state index contributed by atoms with van der Waals surface area (Å²) in [5.74, 6) is 10.2. The second-order valence-electron chi connectivity index (χ2n) is 22.0. The number of halogens is 2. The Balaban J connectivity index is 0.000000140. The molecule has 0 amide bonds. The van der Waals surface area contributed by atoms with Crippen molar-refractivity contribution in [3.8, 4) is 22.3 Å². The van der Waals surface area contributed by atoms with E-state index in [1.54, 1.807) is 47.3 Å². The van der Waals surface area contributed by atoms with Gasteiger partial charge in [0.25, 0.3) is 0 Å². The first-order chi connectivity index (χ1) is 31.4. The summed E-state index contributed by atoms with van der Waals surface area (Å²) < 4.78 is 0. The molecule has 4 heteroatoms. The third-order valence-electron chi connectivity index (χ3n) is 17.6. The van der Waals surface area contributed by atoms with Crippen LogP contribution < -0.4 is 24.8 Å². The van der Waals surface area contributed by atoms with Crippen molar-refractivity contribution in [3.05, 3.63) is 157 Å². The van der Waals surface area contributed by atoms with E-state index in [2.05, 4.69) is 159 Å². The molecular weight excluding hydrogens is 935 g/mol. The largest absolute Gasteiger partial charge is 1.00 e. The molecule has 8 aromatic carbocycles. The Kier molecular flexibility index (Phi) is 13.8. The molecule has 66 heavy (non-hydrogen) atoms. The van der Waals surface area contributed by atoms with Crippen LogP contribution in [0, 0.1) is 59.2 Å². The zero-order chi connectivity index (χ0) is 42.9. The summed E-state index contributed by atoms with van der Waals surface area (Å²) >= 11 is 1.74. The fourth-order valence-electron chi connectivity index (χ4n) is 15.5. The summed E-state index contributed by atoms with van der Waals surface area (Å²) in [7, 11) is 0. The topological polar surface area (TPSA) is 0 Å². The molecule has 8 aliphatic carbocycles. The van der Waals surface area contributed by atoms with Crippen molar-refractivity contribution in [2.45, 2.75) is 90.1 Å². The van der Waals surface area contributed by atoms with Crippen LogP contribution >= 0.6 is 0 Å². The fourth-order valence-corrected chi connectivity index (χ4v) is 15.5. The quantitative estimate of drug-likeness (QED) is 0.115. The summed E-state index contributed by atoms with van der Waals surface area (Å²) in [6.45, 7) is 4.62. The molecule has 0 atom stereocenters. The Hall–Kier alpha value is -3.26. The molecule has 8 fully saturated rings. The van der Waals surface area contributed by atoms with Crippen molar-refractivity contribution in [1.82, 2.24) is 0 Å². The second kappa shape index (κ2) is 19.6. The minimum atomic E-state index is 0. The predicted molar refractivity (Wildman–Crippen MR) is 271 cm³/mol. The molecule has 8 saturated carbocycles. The number of hydrogen-bond donors (Lipinski definition) is 0. The van der Waals surface area contributed by atoms with Crippen LogP contribution in [0.1, 0.15) is 75.3 Å². The van der Waals surface area contributed by atoms with Gasteiger partial charge in [-0.05, 0) is 169 Å². The molecule has 16 rings (SSSR count). The zero-order valence-electron chi connectivity index (χ0n) is 38.9. The third kappa shape index (κ3) is 9.05. The minimum Gasteiger partial charge on any atom is -1.00 e. The number of rotatable bonds is 6. The molecule has 8 aliphatic rings. The van der Waals surface area contributed by atoms with E-state index in [0.717, 1.165) is 59.2 Å². The van der Waals surface area contributed by atoms with E-state index in [9.17, 15) is 0 Å². The average Bonchev–Trinajstić information content (AvgIpc) is 3.92. The van der Waals surface area contributed by atoms with Crippen LogP contribution in [-0.4, -0.2) is 5.43 Å². The molecule has 0 unspecified atom stereocenters. The summed E-state index contributed by atoms with van der Waals surface area (Å²) in [5.41, 5.74) is 8.88. The van der Waals surface area contributed by atoms with Crippen molar-refractivity contribution in [3.63, 3.8) is 0 Å². The van der Waals surface area contributed by atoms with Gasteiger partial charge in [-0.25, -0.2) is 0 Å². The molecule has 0 aromatic heterocycles.